The maximum absolute atomic E-state index is 11.2. The van der Waals surface area contributed by atoms with E-state index < -0.39 is 18.9 Å². The van der Waals surface area contributed by atoms with Crippen LogP contribution in [0.25, 0.3) is 0 Å². The fraction of sp³-hybridized carbons (Fsp3) is 0.714. The van der Waals surface area contributed by atoms with Crippen molar-refractivity contribution in [2.45, 2.75) is 31.0 Å². The van der Waals surface area contributed by atoms with Crippen LogP contribution in [0.4, 0.5) is 0 Å². The normalized spacial score (nSPS) is 14.5. The van der Waals surface area contributed by atoms with E-state index in [1.165, 1.54) is 0 Å². The van der Waals surface area contributed by atoms with E-state index in [2.05, 4.69) is 29.8 Å². The van der Waals surface area contributed by atoms with Crippen LogP contribution in [0.2, 0.25) is 19.6 Å². The molecule has 0 aliphatic rings. The highest BCUT2D eigenvalue weighted by Crippen LogP contribution is 2.08. The molecule has 1 aromatic rings. The Labute approximate surface area is 81.8 Å². The molecule has 1 rings (SSSR count). The highest BCUT2D eigenvalue weighted by Gasteiger charge is 2.17. The third-order valence-electron chi connectivity index (χ3n) is 1.48. The average Bonchev–Trinajstić information content (AvgIpc) is 2.31. The monoisotopic (exact) mass is 217 g/mol. The van der Waals surface area contributed by atoms with Crippen molar-refractivity contribution in [3.05, 3.63) is 6.33 Å². The summed E-state index contributed by atoms with van der Waals surface area (Å²) in [6, 6.07) is 0. The molecule has 0 radical (unpaired) electrons. The molecule has 0 aromatic carbocycles. The van der Waals surface area contributed by atoms with Crippen molar-refractivity contribution in [3.8, 4) is 0 Å². The smallest absolute Gasteiger partial charge is 0.220 e. The summed E-state index contributed by atoms with van der Waals surface area (Å²) in [5.41, 5.74) is 0. The third-order valence-corrected chi connectivity index (χ3v) is 3.60. The molecule has 0 aliphatic heterocycles. The van der Waals surface area contributed by atoms with Gasteiger partial charge in [-0.15, -0.1) is 10.2 Å². The van der Waals surface area contributed by atoms with Gasteiger partial charge in [-0.3, -0.25) is 4.21 Å². The number of aromatic nitrogens is 3. The summed E-state index contributed by atoms with van der Waals surface area (Å²) in [5, 5.41) is 8.19. The summed E-state index contributed by atoms with van der Waals surface area (Å²) in [7, 11) is -2.22. The minimum atomic E-state index is -1.19. The molecule has 0 saturated carbocycles. The van der Waals surface area contributed by atoms with Crippen molar-refractivity contribution in [1.29, 1.82) is 0 Å². The Kier molecular flexibility index (Phi) is 3.02. The van der Waals surface area contributed by atoms with Crippen LogP contribution in [0.15, 0.2) is 11.5 Å². The van der Waals surface area contributed by atoms with E-state index >= 15 is 0 Å². The van der Waals surface area contributed by atoms with E-state index in [1.807, 2.05) is 4.57 Å². The highest BCUT2D eigenvalue weighted by atomic mass is 32.2. The molecule has 0 aliphatic carbocycles. The summed E-state index contributed by atoms with van der Waals surface area (Å²) < 4.78 is 13.1. The minimum absolute atomic E-state index is 0.586. The standard InChI is InChI=1S/C7H15N3OSSi/c1-12(11)7-9-8-5-10(7)6-13(2,3)4/h5H,6H2,1-4H3. The Morgan fingerprint density at radius 2 is 2.15 bits per heavy atom. The largest absolute Gasteiger partial charge is 0.310 e. The number of hydrogen-bond acceptors (Lipinski definition) is 3. The second-order valence-corrected chi connectivity index (χ2v) is 11.0. The van der Waals surface area contributed by atoms with Crippen LogP contribution >= 0.6 is 0 Å². The first kappa shape index (κ1) is 10.6. The first-order chi connectivity index (χ1) is 5.90. The van der Waals surface area contributed by atoms with Gasteiger partial charge >= 0.3 is 0 Å². The van der Waals surface area contributed by atoms with Crippen molar-refractivity contribution in [2.75, 3.05) is 6.26 Å². The van der Waals surface area contributed by atoms with Gasteiger partial charge < -0.3 is 4.57 Å². The second-order valence-electron chi connectivity index (χ2n) is 4.26. The van der Waals surface area contributed by atoms with Crippen LogP contribution in [0.5, 0.6) is 0 Å². The zero-order chi connectivity index (χ0) is 10.1. The Morgan fingerprint density at radius 1 is 1.54 bits per heavy atom. The summed E-state index contributed by atoms with van der Waals surface area (Å²) in [6.45, 7) is 6.78. The van der Waals surface area contributed by atoms with Crippen molar-refractivity contribution in [3.63, 3.8) is 0 Å². The van der Waals surface area contributed by atoms with Gasteiger partial charge in [0.1, 0.15) is 6.33 Å². The predicted octanol–water partition coefficient (Wildman–Crippen LogP) is 0.893. The number of hydrogen-bond donors (Lipinski definition) is 0. The lowest BCUT2D eigenvalue weighted by Gasteiger charge is -2.16. The summed E-state index contributed by atoms with van der Waals surface area (Å²) in [4.78, 5) is 0. The average molecular weight is 217 g/mol. The maximum atomic E-state index is 11.2. The molecule has 13 heavy (non-hydrogen) atoms. The van der Waals surface area contributed by atoms with E-state index in [9.17, 15) is 4.21 Å². The lowest BCUT2D eigenvalue weighted by atomic mass is 11.1. The van der Waals surface area contributed by atoms with Crippen molar-refractivity contribution in [1.82, 2.24) is 14.8 Å². The van der Waals surface area contributed by atoms with Crippen LogP contribution in [-0.2, 0) is 17.0 Å². The molecule has 0 saturated heterocycles. The summed E-state index contributed by atoms with van der Waals surface area (Å²) in [6.07, 6.45) is 4.22. The Bertz CT molecular complexity index is 318. The lowest BCUT2D eigenvalue weighted by Crippen LogP contribution is -2.28. The van der Waals surface area contributed by atoms with Crippen LogP contribution in [0.1, 0.15) is 0 Å². The van der Waals surface area contributed by atoms with Crippen molar-refractivity contribution in [2.24, 2.45) is 0 Å². The maximum Gasteiger partial charge on any atom is 0.220 e. The molecule has 0 fully saturated rings. The van der Waals surface area contributed by atoms with Crippen LogP contribution in [0.3, 0.4) is 0 Å². The molecule has 1 aromatic heterocycles. The number of nitrogens with zero attached hydrogens (tertiary/aromatic N) is 3. The van der Waals surface area contributed by atoms with Crippen LogP contribution in [-0.4, -0.2) is 33.3 Å². The fourth-order valence-electron chi connectivity index (χ4n) is 1.09. The first-order valence-corrected chi connectivity index (χ1v) is 9.38. The van der Waals surface area contributed by atoms with Gasteiger partial charge in [0.2, 0.25) is 5.16 Å². The van der Waals surface area contributed by atoms with Gasteiger partial charge in [0.15, 0.2) is 0 Å². The van der Waals surface area contributed by atoms with E-state index in [4.69, 9.17) is 0 Å². The zero-order valence-electron chi connectivity index (χ0n) is 8.44. The molecule has 0 amide bonds. The predicted molar refractivity (Wildman–Crippen MR) is 55.7 cm³/mol. The molecule has 74 valence electrons. The van der Waals surface area contributed by atoms with Crippen LogP contribution in [0, 0.1) is 0 Å². The van der Waals surface area contributed by atoms with Gasteiger partial charge in [-0.2, -0.15) is 0 Å². The van der Waals surface area contributed by atoms with Gasteiger partial charge in [-0.25, -0.2) is 0 Å². The number of rotatable bonds is 3. The lowest BCUT2D eigenvalue weighted by molar-refractivity contribution is 0.663. The van der Waals surface area contributed by atoms with Crippen molar-refractivity contribution >= 4 is 18.9 Å². The fourth-order valence-corrected chi connectivity index (χ4v) is 3.06. The zero-order valence-corrected chi connectivity index (χ0v) is 10.3. The molecule has 6 heteroatoms. The minimum Gasteiger partial charge on any atom is -0.310 e. The molecule has 0 spiro atoms. The Hall–Kier alpha value is -0.493. The third kappa shape index (κ3) is 3.04. The SMILES string of the molecule is CS(=O)c1nncn1C[Si](C)(C)C. The van der Waals surface area contributed by atoms with E-state index in [-0.39, 0.29) is 0 Å². The topological polar surface area (TPSA) is 47.8 Å². The van der Waals surface area contributed by atoms with Gasteiger partial charge in [-0.05, 0) is 0 Å². The molecule has 0 bridgehead atoms. The molecule has 1 atom stereocenters. The van der Waals surface area contributed by atoms with Gasteiger partial charge in [0.05, 0.1) is 18.9 Å². The Morgan fingerprint density at radius 3 is 2.62 bits per heavy atom. The van der Waals surface area contributed by atoms with Crippen LogP contribution < -0.4 is 0 Å². The molecular weight excluding hydrogens is 202 g/mol. The van der Waals surface area contributed by atoms with Gasteiger partial charge in [-0.1, -0.05) is 19.6 Å². The van der Waals surface area contributed by atoms with E-state index in [0.29, 0.717) is 5.16 Å². The first-order valence-electron chi connectivity index (χ1n) is 4.11. The van der Waals surface area contributed by atoms with Crippen molar-refractivity contribution < 1.29 is 4.21 Å². The molecule has 1 heterocycles. The van der Waals surface area contributed by atoms with E-state index in [1.54, 1.807) is 12.6 Å². The molecule has 0 N–H and O–H groups in total. The van der Waals surface area contributed by atoms with Gasteiger partial charge in [0.25, 0.3) is 0 Å². The van der Waals surface area contributed by atoms with E-state index in [0.717, 1.165) is 6.17 Å². The second kappa shape index (κ2) is 3.71. The molecular formula is C7H15N3OSSi. The summed E-state index contributed by atoms with van der Waals surface area (Å²) >= 11 is 0. The highest BCUT2D eigenvalue weighted by molar-refractivity contribution is 7.84. The molecule has 4 nitrogen and oxygen atoms in total. The van der Waals surface area contributed by atoms with Gasteiger partial charge in [0, 0.05) is 12.4 Å². The molecule has 1 unspecified atom stereocenters. The Balaban J connectivity index is 2.89. The quantitative estimate of drug-likeness (QED) is 0.707. The summed E-state index contributed by atoms with van der Waals surface area (Å²) in [5.74, 6) is 0.